The van der Waals surface area contributed by atoms with Gasteiger partial charge >= 0.3 is 6.18 Å². The van der Waals surface area contributed by atoms with Crippen LogP contribution < -0.4 is 5.32 Å². The smallest absolute Gasteiger partial charge is 0.353 e. The van der Waals surface area contributed by atoms with Crippen LogP contribution in [0.5, 0.6) is 0 Å². The van der Waals surface area contributed by atoms with Gasteiger partial charge in [-0.25, -0.2) is 0 Å². The van der Waals surface area contributed by atoms with Crippen molar-refractivity contribution in [1.29, 1.82) is 0 Å². The van der Waals surface area contributed by atoms with Crippen LogP contribution in [0.2, 0.25) is 0 Å². The predicted octanol–water partition coefficient (Wildman–Crippen LogP) is 3.49. The maximum Gasteiger partial charge on any atom is 0.391 e. The van der Waals surface area contributed by atoms with E-state index in [-0.39, 0.29) is 30.7 Å². The van der Waals surface area contributed by atoms with Crippen LogP contribution in [0, 0.1) is 11.3 Å². The Morgan fingerprint density at radius 2 is 1.72 bits per heavy atom. The van der Waals surface area contributed by atoms with Crippen molar-refractivity contribution in [2.75, 3.05) is 5.88 Å². The summed E-state index contributed by atoms with van der Waals surface area (Å²) in [6, 6.07) is -0.154. The van der Waals surface area contributed by atoms with E-state index in [1.54, 1.807) is 13.8 Å². The largest absolute Gasteiger partial charge is 0.391 e. The minimum absolute atomic E-state index is 0.0930. The van der Waals surface area contributed by atoms with Gasteiger partial charge in [0, 0.05) is 11.9 Å². The molecule has 0 unspecified atom stereocenters. The van der Waals surface area contributed by atoms with Crippen molar-refractivity contribution in [2.24, 2.45) is 11.3 Å². The first kappa shape index (κ1) is 15.6. The molecule has 0 heterocycles. The van der Waals surface area contributed by atoms with Crippen LogP contribution in [0.15, 0.2) is 0 Å². The van der Waals surface area contributed by atoms with Gasteiger partial charge in [-0.15, -0.1) is 11.6 Å². The average molecular weight is 286 g/mol. The number of halogens is 4. The fourth-order valence-corrected chi connectivity index (χ4v) is 2.13. The van der Waals surface area contributed by atoms with Gasteiger partial charge in [-0.05, 0) is 39.5 Å². The van der Waals surface area contributed by atoms with Crippen molar-refractivity contribution in [3.05, 3.63) is 0 Å². The summed E-state index contributed by atoms with van der Waals surface area (Å²) in [5.74, 6) is -1.21. The number of rotatable bonds is 3. The molecule has 1 rings (SSSR count). The number of hydrogen-bond donors (Lipinski definition) is 1. The van der Waals surface area contributed by atoms with Crippen LogP contribution >= 0.6 is 11.6 Å². The molecule has 0 aliphatic heterocycles. The summed E-state index contributed by atoms with van der Waals surface area (Å²) in [6.07, 6.45) is -3.15. The normalized spacial score (nSPS) is 25.9. The molecule has 1 aliphatic carbocycles. The molecule has 0 aromatic rings. The van der Waals surface area contributed by atoms with E-state index in [0.29, 0.717) is 12.8 Å². The van der Waals surface area contributed by atoms with E-state index >= 15 is 0 Å². The lowest BCUT2D eigenvalue weighted by molar-refractivity contribution is -0.182. The first-order valence-corrected chi connectivity index (χ1v) is 6.64. The molecular formula is C12H19ClF3NO. The summed E-state index contributed by atoms with van der Waals surface area (Å²) in [4.78, 5) is 11.8. The lowest BCUT2D eigenvalue weighted by atomic mass is 9.85. The third kappa shape index (κ3) is 4.04. The van der Waals surface area contributed by atoms with E-state index in [2.05, 4.69) is 5.32 Å². The molecule has 0 bridgehead atoms. The maximum absolute atomic E-state index is 12.5. The van der Waals surface area contributed by atoms with Crippen molar-refractivity contribution >= 4 is 17.5 Å². The summed E-state index contributed by atoms with van der Waals surface area (Å²) in [5.41, 5.74) is -0.678. The van der Waals surface area contributed by atoms with Gasteiger partial charge in [0.1, 0.15) is 0 Å². The van der Waals surface area contributed by atoms with Crippen molar-refractivity contribution in [3.8, 4) is 0 Å². The summed E-state index contributed by atoms with van der Waals surface area (Å²) in [7, 11) is 0. The number of nitrogens with one attached hydrogen (secondary N) is 1. The highest BCUT2D eigenvalue weighted by Gasteiger charge is 2.42. The molecule has 0 aromatic heterocycles. The Balaban J connectivity index is 2.43. The second-order valence-electron chi connectivity index (χ2n) is 5.58. The topological polar surface area (TPSA) is 29.1 Å². The molecule has 1 N–H and O–H groups in total. The van der Waals surface area contributed by atoms with Gasteiger partial charge < -0.3 is 5.32 Å². The molecule has 2 nitrogen and oxygen atoms in total. The monoisotopic (exact) mass is 285 g/mol. The molecule has 0 aromatic carbocycles. The van der Waals surface area contributed by atoms with Gasteiger partial charge in [0.15, 0.2) is 0 Å². The van der Waals surface area contributed by atoms with Crippen LogP contribution in [0.1, 0.15) is 39.5 Å². The van der Waals surface area contributed by atoms with Gasteiger partial charge in [-0.1, -0.05) is 0 Å². The summed E-state index contributed by atoms with van der Waals surface area (Å²) >= 11 is 5.68. The van der Waals surface area contributed by atoms with E-state index in [1.807, 2.05) is 0 Å². The molecule has 106 valence electrons. The van der Waals surface area contributed by atoms with Crippen LogP contribution in [0.25, 0.3) is 0 Å². The molecule has 1 fully saturated rings. The molecular weight excluding hydrogens is 267 g/mol. The van der Waals surface area contributed by atoms with E-state index in [0.717, 1.165) is 0 Å². The van der Waals surface area contributed by atoms with Crippen molar-refractivity contribution in [3.63, 3.8) is 0 Å². The first-order valence-electron chi connectivity index (χ1n) is 6.10. The predicted molar refractivity (Wildman–Crippen MR) is 64.4 cm³/mol. The minimum atomic E-state index is -4.11. The molecule has 18 heavy (non-hydrogen) atoms. The van der Waals surface area contributed by atoms with Gasteiger partial charge in [-0.2, -0.15) is 13.2 Å². The molecule has 1 amide bonds. The third-order valence-electron chi connectivity index (χ3n) is 3.47. The number of amides is 1. The molecule has 0 saturated heterocycles. The van der Waals surface area contributed by atoms with Gasteiger partial charge in [0.05, 0.1) is 11.3 Å². The average Bonchev–Trinajstić information content (AvgIpc) is 2.28. The Hall–Kier alpha value is -0.450. The van der Waals surface area contributed by atoms with Crippen molar-refractivity contribution in [2.45, 2.75) is 51.7 Å². The van der Waals surface area contributed by atoms with Crippen LogP contribution in [0.4, 0.5) is 13.2 Å². The van der Waals surface area contributed by atoms with E-state index in [9.17, 15) is 18.0 Å². The van der Waals surface area contributed by atoms with Crippen molar-refractivity contribution < 1.29 is 18.0 Å². The Morgan fingerprint density at radius 3 is 2.11 bits per heavy atom. The highest BCUT2D eigenvalue weighted by atomic mass is 35.5. The van der Waals surface area contributed by atoms with E-state index in [1.165, 1.54) is 0 Å². The first-order chi connectivity index (χ1) is 8.16. The van der Waals surface area contributed by atoms with Gasteiger partial charge in [0.25, 0.3) is 0 Å². The zero-order valence-electron chi connectivity index (χ0n) is 10.6. The summed E-state index contributed by atoms with van der Waals surface area (Å²) in [6.45, 7) is 3.44. The molecule has 6 heteroatoms. The minimum Gasteiger partial charge on any atom is -0.353 e. The number of hydrogen-bond acceptors (Lipinski definition) is 1. The van der Waals surface area contributed by atoms with E-state index < -0.39 is 17.5 Å². The fraction of sp³-hybridized carbons (Fsp3) is 0.917. The van der Waals surface area contributed by atoms with Crippen molar-refractivity contribution in [1.82, 2.24) is 5.32 Å². The lowest BCUT2D eigenvalue weighted by Crippen LogP contribution is -2.46. The van der Waals surface area contributed by atoms with E-state index in [4.69, 9.17) is 11.6 Å². The van der Waals surface area contributed by atoms with Crippen LogP contribution in [0.3, 0.4) is 0 Å². The molecule has 1 saturated carbocycles. The molecule has 0 radical (unpaired) electrons. The molecule has 0 spiro atoms. The van der Waals surface area contributed by atoms with Crippen LogP contribution in [-0.2, 0) is 4.79 Å². The quantitative estimate of drug-likeness (QED) is 0.790. The van der Waals surface area contributed by atoms with Gasteiger partial charge in [0.2, 0.25) is 5.91 Å². The molecule has 0 atom stereocenters. The number of carbonyl (C=O) groups is 1. The lowest BCUT2D eigenvalue weighted by Gasteiger charge is -2.32. The zero-order valence-corrected chi connectivity index (χ0v) is 11.4. The SMILES string of the molecule is CC(C)(CCl)C(=O)NC1CCC(C(F)(F)F)CC1. The second kappa shape index (κ2) is 5.68. The standard InChI is InChI=1S/C12H19ClF3NO/c1-11(2,7-13)10(18)17-9-5-3-8(4-6-9)12(14,15)16/h8-9H,3-7H2,1-2H3,(H,17,18). The fourth-order valence-electron chi connectivity index (χ4n) is 2.01. The maximum atomic E-state index is 12.5. The highest BCUT2D eigenvalue weighted by Crippen LogP contribution is 2.37. The second-order valence-corrected chi connectivity index (χ2v) is 5.85. The Kier molecular flexibility index (Phi) is 4.92. The molecule has 1 aliphatic rings. The Morgan fingerprint density at radius 1 is 1.22 bits per heavy atom. The van der Waals surface area contributed by atoms with Gasteiger partial charge in [-0.3, -0.25) is 4.79 Å². The zero-order chi connectivity index (χ0) is 14.0. The number of carbonyl (C=O) groups excluding carboxylic acids is 1. The number of alkyl halides is 4. The Labute approximate surface area is 110 Å². The Bertz CT molecular complexity index is 296. The van der Waals surface area contributed by atoms with Crippen LogP contribution in [-0.4, -0.2) is 24.0 Å². The summed E-state index contributed by atoms with van der Waals surface area (Å²) in [5, 5.41) is 2.79. The summed E-state index contributed by atoms with van der Waals surface area (Å²) < 4.78 is 37.4. The highest BCUT2D eigenvalue weighted by molar-refractivity contribution is 6.19. The third-order valence-corrected chi connectivity index (χ3v) is 4.14.